The van der Waals surface area contributed by atoms with E-state index in [0.29, 0.717) is 11.7 Å². The van der Waals surface area contributed by atoms with Gasteiger partial charge in [0.2, 0.25) is 5.91 Å². The van der Waals surface area contributed by atoms with Gasteiger partial charge in [-0.15, -0.1) is 22.7 Å². The number of carbonyl (C=O) groups excluding carboxylic acids is 2. The number of halogens is 1. The fourth-order valence-corrected chi connectivity index (χ4v) is 19.0. The Morgan fingerprint density at radius 3 is 1.48 bits per heavy atom. The normalized spacial score (nSPS) is 39.4. The van der Waals surface area contributed by atoms with E-state index in [4.69, 9.17) is 9.57 Å². The van der Waals surface area contributed by atoms with Crippen LogP contribution in [0.25, 0.3) is 0 Å². The summed E-state index contributed by atoms with van der Waals surface area (Å²) >= 11 is 6.75. The van der Waals surface area contributed by atoms with Crippen LogP contribution in [0.2, 0.25) is 0 Å². The number of rotatable bonds is 4. The number of carbonyl (C=O) groups is 2. The summed E-state index contributed by atoms with van der Waals surface area (Å²) in [4.78, 5) is 32.5. The number of ketones is 1. The minimum Gasteiger partial charge on any atom is -0.390 e. The van der Waals surface area contributed by atoms with Crippen LogP contribution in [0.5, 0.6) is 0 Å². The zero-order chi connectivity index (χ0) is 50.8. The molecule has 7 nitrogen and oxygen atoms in total. The maximum absolute atomic E-state index is 13.4. The molecule has 11 heteroatoms. The predicted molar refractivity (Wildman–Crippen MR) is 306 cm³/mol. The fraction of sp³-hybridized carbons (Fsp3) is 0.823. The largest absolute Gasteiger partial charge is 1.00 e. The molecule has 16 atom stereocenters. The van der Waals surface area contributed by atoms with E-state index in [-0.39, 0.29) is 62.3 Å². The molecule has 2 aromatic rings. The Hall–Kier alpha value is -0.543. The van der Waals surface area contributed by atoms with Gasteiger partial charge in [-0.25, -0.2) is 5.06 Å². The van der Waals surface area contributed by atoms with Crippen molar-refractivity contribution in [2.24, 2.45) is 81.8 Å². The van der Waals surface area contributed by atoms with Crippen LogP contribution < -0.4 is 18.9 Å². The van der Waals surface area contributed by atoms with E-state index in [1.165, 1.54) is 116 Å². The Morgan fingerprint density at radius 2 is 1.10 bits per heavy atom. The first-order valence-corrected chi connectivity index (χ1v) is 30.5. The number of ether oxygens (including phenoxy) is 1. The van der Waals surface area contributed by atoms with Gasteiger partial charge in [0, 0.05) is 32.1 Å². The number of hydrogen-bond acceptors (Lipinski definition) is 8. The first-order chi connectivity index (χ1) is 33.1. The van der Waals surface area contributed by atoms with E-state index in [9.17, 15) is 19.8 Å². The number of hydrogen-bond donors (Lipinski definition) is 2. The maximum Gasteiger partial charge on any atom is 1.00 e. The first kappa shape index (κ1) is 65.0. The van der Waals surface area contributed by atoms with E-state index >= 15 is 0 Å². The van der Waals surface area contributed by atoms with Crippen LogP contribution >= 0.6 is 38.6 Å². The summed E-state index contributed by atoms with van der Waals surface area (Å²) in [6.07, 6.45) is 23.8. The maximum atomic E-state index is 13.4. The van der Waals surface area contributed by atoms with Crippen LogP contribution in [0.3, 0.4) is 0 Å². The third kappa shape index (κ3) is 14.8. The smallest absolute Gasteiger partial charge is 0.390 e. The van der Waals surface area contributed by atoms with E-state index in [2.05, 4.69) is 87.3 Å². The quantitative estimate of drug-likeness (QED) is 0.137. The van der Waals surface area contributed by atoms with Crippen molar-refractivity contribution in [1.29, 1.82) is 0 Å². The minimum absolute atomic E-state index is 0. The number of nitrogens with zero attached hydrogens (tertiary/aromatic N) is 1. The Bertz CT molecular complexity index is 1990. The zero-order valence-corrected chi connectivity index (χ0v) is 49.7. The van der Waals surface area contributed by atoms with Crippen LogP contribution in [0.1, 0.15) is 213 Å². The van der Waals surface area contributed by atoms with Crippen LogP contribution in [0, 0.1) is 102 Å². The van der Waals surface area contributed by atoms with Gasteiger partial charge in [0.05, 0.1) is 27.0 Å². The molecule has 8 aliphatic carbocycles. The van der Waals surface area contributed by atoms with Gasteiger partial charge >= 0.3 is 18.9 Å². The number of aliphatic hydroxyl groups is 2. The van der Waals surface area contributed by atoms with E-state index < -0.39 is 11.2 Å². The molecule has 1 saturated heterocycles. The Morgan fingerprint density at radius 1 is 0.658 bits per heavy atom. The Kier molecular flexibility index (Phi) is 24.5. The molecule has 412 valence electrons. The van der Waals surface area contributed by atoms with E-state index in [0.717, 1.165) is 110 Å². The van der Waals surface area contributed by atoms with Crippen LogP contribution in [-0.2, 0) is 14.4 Å². The third-order valence-electron chi connectivity index (χ3n) is 20.4. The average Bonchev–Trinajstić information content (AvgIpc) is 4.18. The monoisotopic (exact) mass is 1110 g/mol. The molecule has 2 N–H and O–H groups in total. The van der Waals surface area contributed by atoms with Crippen LogP contribution in [-0.4, -0.2) is 65.5 Å². The van der Waals surface area contributed by atoms with Gasteiger partial charge in [-0.3, -0.25) is 14.4 Å². The summed E-state index contributed by atoms with van der Waals surface area (Å²) in [6, 6.07) is 4.19. The van der Waals surface area contributed by atoms with Crippen LogP contribution in [0.15, 0.2) is 26.7 Å². The van der Waals surface area contributed by atoms with E-state index in [1.54, 1.807) is 36.8 Å². The molecule has 2 aromatic heterocycles. The number of Topliss-reactive ketones (excluding diaryl/α,β-unsaturated/α-hetero) is 1. The number of fused-ring (bicyclic) bond motifs is 10. The molecule has 9 aliphatic rings. The van der Waals surface area contributed by atoms with Gasteiger partial charge in [0.25, 0.3) is 0 Å². The first-order valence-electron chi connectivity index (χ1n) is 28.0. The number of amides is 1. The summed E-state index contributed by atoms with van der Waals surface area (Å²) < 4.78 is 6.19. The summed E-state index contributed by atoms with van der Waals surface area (Å²) in [5.74, 6) is 10.3. The van der Waals surface area contributed by atoms with Crippen molar-refractivity contribution < 1.29 is 48.2 Å². The zero-order valence-electron chi connectivity index (χ0n) is 46.5. The molecule has 11 rings (SSSR count). The van der Waals surface area contributed by atoms with E-state index in [1.807, 2.05) is 13.8 Å². The van der Waals surface area contributed by atoms with Gasteiger partial charge < -0.3 is 20.9 Å². The molecule has 0 aromatic carbocycles. The SMILES string of the molecule is C.C.C1CCOC1.CON(C)C(=O)[C@H]1CC[C@H]2[C@@H]3CC[C@@H]4C[C@](C)(O)CC[C@@H]4[C@H]3CC[C@]12C.C[C-](C)C.Cc1ccsc1Br.Cc1ccsc1C(=O)[C@H]1CC[C@H]2[C@@H]3CC[C@@H]4C[C@](C)(O)CC[C@@H]4[C@H]3CC[C@]12C.[Li+]. The van der Waals surface area contributed by atoms with Crippen molar-refractivity contribution in [3.8, 4) is 0 Å². The van der Waals surface area contributed by atoms with Gasteiger partial charge in [0.15, 0.2) is 5.78 Å². The summed E-state index contributed by atoms with van der Waals surface area (Å²) in [5, 5.41) is 26.7. The molecule has 9 fully saturated rings. The number of hydroxylamine groups is 2. The molecular formula is C62H103BrLiNO6S2. The molecule has 0 bridgehead atoms. The Labute approximate surface area is 474 Å². The predicted octanol–water partition coefficient (Wildman–Crippen LogP) is 13.8. The Balaban J connectivity index is 0.000000236. The molecule has 0 spiro atoms. The topological polar surface area (TPSA) is 96.3 Å². The number of aryl methyl sites for hydroxylation is 2. The van der Waals surface area contributed by atoms with Crippen molar-refractivity contribution in [1.82, 2.24) is 5.06 Å². The van der Waals surface area contributed by atoms with Crippen molar-refractivity contribution in [3.63, 3.8) is 0 Å². The third-order valence-corrected chi connectivity index (χ3v) is 23.4. The molecule has 1 aliphatic heterocycles. The molecule has 0 unspecified atom stereocenters. The molecule has 0 radical (unpaired) electrons. The molecule has 73 heavy (non-hydrogen) atoms. The second-order valence-electron chi connectivity index (χ2n) is 25.7. The molecular weight excluding hydrogens is 1010 g/mol. The van der Waals surface area contributed by atoms with Crippen molar-refractivity contribution in [2.75, 3.05) is 27.4 Å². The summed E-state index contributed by atoms with van der Waals surface area (Å²) in [5.41, 5.74) is 1.99. The van der Waals surface area contributed by atoms with Gasteiger partial charge in [0.1, 0.15) is 0 Å². The average molecular weight is 1110 g/mol. The second-order valence-corrected chi connectivity index (χ2v) is 28.9. The fourth-order valence-electron chi connectivity index (χ4n) is 17.0. The number of thiophene rings is 2. The van der Waals surface area contributed by atoms with Gasteiger partial charge in [-0.2, -0.15) is 20.8 Å². The minimum atomic E-state index is -0.438. The molecule has 1 amide bonds. The summed E-state index contributed by atoms with van der Waals surface area (Å²) in [6.45, 7) is 21.4. The molecule has 3 heterocycles. The van der Waals surface area contributed by atoms with Crippen molar-refractivity contribution in [2.45, 2.75) is 217 Å². The van der Waals surface area contributed by atoms with Gasteiger partial charge in [-0.1, -0.05) is 28.7 Å². The van der Waals surface area contributed by atoms with Gasteiger partial charge in [-0.05, 0) is 276 Å². The summed E-state index contributed by atoms with van der Waals surface area (Å²) in [7, 11) is 3.34. The van der Waals surface area contributed by atoms with Crippen LogP contribution in [0.4, 0.5) is 0 Å². The standard InChI is InChI=1S/C25H36O2S.C22H37NO3.C5H5BrS.C4H8O.C4H9.2CH4.Li/c1-15-10-13-28-23(15)22(26)21-7-6-20-19-5-4-16-14-24(2,27)11-8-17(16)18(19)9-12-25(20,21)3;1-21(25)11-9-15-14(13-21)5-6-17-16(15)10-12-22(2)18(17)7-8-19(22)20(24)23(3)26-4;1-4-2-3-7-5(4)6;1-2-4-5-3-1;1-4(2)3;;;/h10,13,16-21,27H,4-9,11-12,14H2,1-3H3;14-19,25H,5-13H2,1-4H3;2-3H,1H3;1-4H2;1-3H3;2*1H4;/q;;;;-1;;;+1/t16-,17+,18-,19-,20+,21-,24-,25+;14-,15+,16-,17-,18+,19-,21-,22+;;;;;;/m11....../s1. The second kappa shape index (κ2) is 27.6. The van der Waals surface area contributed by atoms with Crippen molar-refractivity contribution in [3.05, 3.63) is 48.6 Å². The van der Waals surface area contributed by atoms with Crippen molar-refractivity contribution >= 4 is 50.3 Å². The molecule has 8 saturated carbocycles.